The minimum atomic E-state index is -8.60. The number of rotatable bonds is 14. The van der Waals surface area contributed by atoms with Crippen LogP contribution in [0.4, 0.5) is 101 Å². The Kier molecular flexibility index (Phi) is 9.71. The lowest BCUT2D eigenvalue weighted by atomic mass is 10.1. The van der Waals surface area contributed by atoms with Gasteiger partial charge in [0.05, 0.1) is 0 Å². The van der Waals surface area contributed by atoms with Crippen LogP contribution in [0, 0.1) is 0 Å². The second kappa shape index (κ2) is 10.2. The van der Waals surface area contributed by atoms with E-state index in [0.717, 1.165) is 9.47 Å². The van der Waals surface area contributed by atoms with Gasteiger partial charge in [0.2, 0.25) is 0 Å². The molecule has 0 spiro atoms. The van der Waals surface area contributed by atoms with E-state index < -0.39 is 67.1 Å². The molecule has 0 aromatic heterocycles. The van der Waals surface area contributed by atoms with Crippen molar-refractivity contribution in [2.45, 2.75) is 67.1 Å². The maximum Gasteiger partial charge on any atom is 0.527 e. The van der Waals surface area contributed by atoms with Crippen LogP contribution in [0.5, 0.6) is 0 Å². The van der Waals surface area contributed by atoms with Crippen molar-refractivity contribution < 1.29 is 125 Å². The summed E-state index contributed by atoms with van der Waals surface area (Å²) in [4.78, 5) is 0. The van der Waals surface area contributed by atoms with E-state index in [2.05, 4.69) is 4.74 Å². The van der Waals surface area contributed by atoms with E-state index in [0.29, 0.717) is 0 Å². The second-order valence-electron chi connectivity index (χ2n) is 6.35. The van der Waals surface area contributed by atoms with E-state index >= 15 is 0 Å². The molecule has 0 rings (SSSR count). The van der Waals surface area contributed by atoms with Crippen LogP contribution in [0.2, 0.25) is 0 Å². The van der Waals surface area contributed by atoms with Crippen LogP contribution in [0.15, 0.2) is 0 Å². The van der Waals surface area contributed by atoms with Crippen molar-refractivity contribution >= 4 is 0 Å². The first-order valence-corrected chi connectivity index (χ1v) is 8.09. The van der Waals surface area contributed by atoms with Gasteiger partial charge < -0.3 is 0 Å². The van der Waals surface area contributed by atoms with Crippen molar-refractivity contribution in [3.05, 3.63) is 0 Å². The number of halogens is 23. The number of alkyl halides is 23. The summed E-state index contributed by atoms with van der Waals surface area (Å²) in [6.07, 6.45) is -61.0. The van der Waals surface area contributed by atoms with E-state index in [1.807, 2.05) is 0 Å². The van der Waals surface area contributed by atoms with Gasteiger partial charge in [0.1, 0.15) is 0 Å². The molecular formula is C12H3F23O5. The highest BCUT2D eigenvalue weighted by Gasteiger charge is 2.88. The van der Waals surface area contributed by atoms with Gasteiger partial charge in [-0.25, -0.2) is 18.9 Å². The summed E-state index contributed by atoms with van der Waals surface area (Å²) in [6.45, 7) is 0. The SMILES string of the molecule is COC(F)(F)OC(F)(F)C(F)(F)OC(F)(F)C(F)(F)C(F)(F)OC(F)(F)C(F)(F)C(F)(F)C(F)(F)OC(F)(F)F. The van der Waals surface area contributed by atoms with Crippen LogP contribution in [-0.4, -0.2) is 74.2 Å². The molecule has 0 aliphatic heterocycles. The van der Waals surface area contributed by atoms with Crippen LogP contribution < -0.4 is 0 Å². The topological polar surface area (TPSA) is 46.2 Å². The van der Waals surface area contributed by atoms with Gasteiger partial charge in [0.15, 0.2) is 0 Å². The van der Waals surface area contributed by atoms with Crippen LogP contribution in [0.3, 0.4) is 0 Å². The number of hydrogen-bond donors (Lipinski definition) is 0. The maximum absolute atomic E-state index is 13.3. The lowest BCUT2D eigenvalue weighted by molar-refractivity contribution is -0.574. The molecule has 0 fully saturated rings. The van der Waals surface area contributed by atoms with Crippen LogP contribution >= 0.6 is 0 Å². The molecule has 0 unspecified atom stereocenters. The molecule has 0 aliphatic carbocycles. The molecule has 5 nitrogen and oxygen atoms in total. The minimum absolute atomic E-state index is 0.319. The molecule has 0 N–H and O–H groups in total. The second-order valence-corrected chi connectivity index (χ2v) is 6.35. The molecular weight excluding hydrogens is 661 g/mol. The normalized spacial score (nSPS) is 16.5. The highest BCUT2D eigenvalue weighted by molar-refractivity contribution is 4.99. The smallest absolute Gasteiger partial charge is 0.299 e. The fraction of sp³-hybridized carbons (Fsp3) is 1.00. The van der Waals surface area contributed by atoms with Crippen molar-refractivity contribution in [1.82, 2.24) is 0 Å². The van der Waals surface area contributed by atoms with E-state index in [1.54, 1.807) is 4.74 Å². The van der Waals surface area contributed by atoms with Crippen LogP contribution in [0.1, 0.15) is 0 Å². The molecule has 28 heteroatoms. The lowest BCUT2D eigenvalue weighted by Crippen LogP contribution is -2.68. The molecule has 0 radical (unpaired) electrons. The van der Waals surface area contributed by atoms with E-state index in [4.69, 9.17) is 0 Å². The Hall–Kier alpha value is -1.81. The predicted octanol–water partition coefficient (Wildman–Crippen LogP) is 7.23. The van der Waals surface area contributed by atoms with Gasteiger partial charge in [-0.05, 0) is 0 Å². The molecule has 0 aromatic rings. The standard InChI is InChI=1S/C12H3F23O5/c1-36-12(34,35)40-10(29,30)9(27,28)38-8(25,26)4(17,18)7(23,24)37-5(19,20)2(13,14)3(15,16)6(21,22)39-11(31,32)33/h1H3. The molecule has 0 atom stereocenters. The van der Waals surface area contributed by atoms with Gasteiger partial charge in [-0.1, -0.05) is 0 Å². The highest BCUT2D eigenvalue weighted by atomic mass is 19.4. The molecule has 0 heterocycles. The molecule has 40 heavy (non-hydrogen) atoms. The molecule has 0 bridgehead atoms. The van der Waals surface area contributed by atoms with E-state index in [9.17, 15) is 101 Å². The predicted molar refractivity (Wildman–Crippen MR) is 66.9 cm³/mol. The molecule has 242 valence electrons. The highest BCUT2D eigenvalue weighted by Crippen LogP contribution is 2.58. The fourth-order valence-electron chi connectivity index (χ4n) is 1.57. The molecule has 0 amide bonds. The average molecular weight is 664 g/mol. The van der Waals surface area contributed by atoms with Gasteiger partial charge in [-0.15, -0.1) is 22.0 Å². The average Bonchev–Trinajstić information content (AvgIpc) is 2.62. The zero-order chi connectivity index (χ0) is 33.0. The quantitative estimate of drug-likeness (QED) is 0.145. The van der Waals surface area contributed by atoms with Crippen molar-refractivity contribution in [1.29, 1.82) is 0 Å². The summed E-state index contributed by atoms with van der Waals surface area (Å²) in [6, 6.07) is 0. The van der Waals surface area contributed by atoms with Crippen molar-refractivity contribution in [2.24, 2.45) is 0 Å². The Morgan fingerprint density at radius 3 is 0.850 bits per heavy atom. The molecule has 0 aromatic carbocycles. The summed E-state index contributed by atoms with van der Waals surface area (Å²) < 4.78 is 304. The summed E-state index contributed by atoms with van der Waals surface area (Å²) >= 11 is 0. The number of methoxy groups -OCH3 is 1. The van der Waals surface area contributed by atoms with Crippen LogP contribution in [0.25, 0.3) is 0 Å². The molecule has 0 saturated carbocycles. The zero-order valence-electron chi connectivity index (χ0n) is 17.2. The summed E-state index contributed by atoms with van der Waals surface area (Å²) in [5, 5.41) is 0. The third kappa shape index (κ3) is 7.15. The Balaban J connectivity index is 6.42. The first kappa shape index (κ1) is 38.2. The zero-order valence-corrected chi connectivity index (χ0v) is 17.2. The largest absolute Gasteiger partial charge is 0.527 e. The third-order valence-corrected chi connectivity index (χ3v) is 3.44. The Morgan fingerprint density at radius 1 is 0.300 bits per heavy atom. The van der Waals surface area contributed by atoms with E-state index in [1.165, 1.54) is 4.74 Å². The maximum atomic E-state index is 13.3. The van der Waals surface area contributed by atoms with Gasteiger partial charge in [-0.3, -0.25) is 4.74 Å². The Morgan fingerprint density at radius 2 is 0.550 bits per heavy atom. The van der Waals surface area contributed by atoms with Gasteiger partial charge in [0.25, 0.3) is 0 Å². The van der Waals surface area contributed by atoms with Crippen LogP contribution in [-0.2, 0) is 23.7 Å². The number of ether oxygens (including phenoxy) is 5. The molecule has 0 aliphatic rings. The van der Waals surface area contributed by atoms with Gasteiger partial charge in [-0.2, -0.15) is 79.0 Å². The van der Waals surface area contributed by atoms with Crippen molar-refractivity contribution in [3.8, 4) is 0 Å². The van der Waals surface area contributed by atoms with Crippen molar-refractivity contribution in [2.75, 3.05) is 7.11 Å². The third-order valence-electron chi connectivity index (χ3n) is 3.44. The first-order chi connectivity index (χ1) is 16.9. The van der Waals surface area contributed by atoms with Gasteiger partial charge in [0, 0.05) is 7.11 Å². The Bertz CT molecular complexity index is 878. The fourth-order valence-corrected chi connectivity index (χ4v) is 1.57. The number of hydrogen-bond acceptors (Lipinski definition) is 5. The minimum Gasteiger partial charge on any atom is -0.299 e. The molecule has 0 saturated heterocycles. The summed E-state index contributed by atoms with van der Waals surface area (Å²) in [5.41, 5.74) is 0. The van der Waals surface area contributed by atoms with Crippen molar-refractivity contribution in [3.63, 3.8) is 0 Å². The first-order valence-electron chi connectivity index (χ1n) is 8.09. The monoisotopic (exact) mass is 664 g/mol. The van der Waals surface area contributed by atoms with E-state index in [-0.39, 0.29) is 7.11 Å². The lowest BCUT2D eigenvalue weighted by Gasteiger charge is -2.39. The summed E-state index contributed by atoms with van der Waals surface area (Å²) in [7, 11) is -0.319. The Labute approximate surface area is 200 Å². The van der Waals surface area contributed by atoms with Gasteiger partial charge >= 0.3 is 67.1 Å². The summed E-state index contributed by atoms with van der Waals surface area (Å²) in [5.74, 6) is -25.5.